The molecule has 0 aromatic heterocycles. The summed E-state index contributed by atoms with van der Waals surface area (Å²) in [6, 6.07) is 15.6. The molecule has 0 bridgehead atoms. The molecular weight excluding hydrogens is 243 g/mol. The Morgan fingerprint density at radius 1 is 0.947 bits per heavy atom. The van der Waals surface area contributed by atoms with Gasteiger partial charge in [-0.3, -0.25) is 4.79 Å². The highest BCUT2D eigenvalue weighted by molar-refractivity contribution is 5.82. The van der Waals surface area contributed by atoms with E-state index in [0.29, 0.717) is 6.61 Å². The Morgan fingerprint density at radius 2 is 1.63 bits per heavy atom. The maximum atomic E-state index is 12.7. The second-order valence-corrected chi connectivity index (χ2v) is 4.32. The van der Waals surface area contributed by atoms with Crippen molar-refractivity contribution in [3.63, 3.8) is 0 Å². The molecule has 0 aliphatic carbocycles. The van der Waals surface area contributed by atoms with Crippen LogP contribution in [-0.4, -0.2) is 12.4 Å². The van der Waals surface area contributed by atoms with Crippen molar-refractivity contribution in [2.45, 2.75) is 13.0 Å². The summed E-state index contributed by atoms with van der Waals surface area (Å²) in [5, 5.41) is 0. The molecule has 0 fully saturated rings. The molecule has 0 aliphatic rings. The van der Waals surface area contributed by atoms with E-state index < -0.39 is 0 Å². The van der Waals surface area contributed by atoms with Gasteiger partial charge < -0.3 is 4.74 Å². The second kappa shape index (κ2) is 6.81. The Bertz CT molecular complexity index is 520. The Labute approximate surface area is 111 Å². The standard InChI is InChI=1S/C16H15FO2/c17-15-8-6-13(7-9-15)10-16(18)12-19-11-14-4-2-1-3-5-14/h1-9H,10-12H2. The van der Waals surface area contributed by atoms with Crippen LogP contribution < -0.4 is 0 Å². The van der Waals surface area contributed by atoms with Crippen LogP contribution in [0.3, 0.4) is 0 Å². The fourth-order valence-corrected chi connectivity index (χ4v) is 1.74. The lowest BCUT2D eigenvalue weighted by Gasteiger charge is -2.04. The number of ether oxygens (including phenoxy) is 1. The number of hydrogen-bond donors (Lipinski definition) is 0. The summed E-state index contributed by atoms with van der Waals surface area (Å²) in [7, 11) is 0. The molecule has 0 amide bonds. The molecular formula is C16H15FO2. The lowest BCUT2D eigenvalue weighted by molar-refractivity contribution is -0.123. The molecule has 0 atom stereocenters. The van der Waals surface area contributed by atoms with Crippen LogP contribution in [0.4, 0.5) is 4.39 Å². The number of ketones is 1. The third kappa shape index (κ3) is 4.64. The van der Waals surface area contributed by atoms with Gasteiger partial charge in [0.25, 0.3) is 0 Å². The number of hydrogen-bond acceptors (Lipinski definition) is 2. The van der Waals surface area contributed by atoms with Crippen molar-refractivity contribution in [2.75, 3.05) is 6.61 Å². The fourth-order valence-electron chi connectivity index (χ4n) is 1.74. The van der Waals surface area contributed by atoms with Crippen LogP contribution in [0.5, 0.6) is 0 Å². The van der Waals surface area contributed by atoms with Gasteiger partial charge in [0, 0.05) is 6.42 Å². The molecule has 0 aliphatic heterocycles. The number of carbonyl (C=O) groups is 1. The molecule has 2 rings (SSSR count). The number of carbonyl (C=O) groups excluding carboxylic acids is 1. The van der Waals surface area contributed by atoms with Crippen molar-refractivity contribution in [1.29, 1.82) is 0 Å². The van der Waals surface area contributed by atoms with E-state index in [9.17, 15) is 9.18 Å². The number of Topliss-reactive ketones (excluding diaryl/α,β-unsaturated/α-hetero) is 1. The first kappa shape index (κ1) is 13.4. The summed E-state index contributed by atoms with van der Waals surface area (Å²) in [4.78, 5) is 11.7. The van der Waals surface area contributed by atoms with Gasteiger partial charge in [-0.15, -0.1) is 0 Å². The lowest BCUT2D eigenvalue weighted by Crippen LogP contribution is -2.11. The van der Waals surface area contributed by atoms with E-state index in [1.807, 2.05) is 30.3 Å². The van der Waals surface area contributed by atoms with Gasteiger partial charge in [0.2, 0.25) is 0 Å². The van der Waals surface area contributed by atoms with Crippen molar-refractivity contribution in [3.05, 3.63) is 71.5 Å². The number of benzene rings is 2. The Kier molecular flexibility index (Phi) is 4.81. The largest absolute Gasteiger partial charge is 0.369 e. The molecule has 2 aromatic carbocycles. The van der Waals surface area contributed by atoms with Gasteiger partial charge in [0.05, 0.1) is 6.61 Å². The Morgan fingerprint density at radius 3 is 2.32 bits per heavy atom. The van der Waals surface area contributed by atoms with Crippen LogP contribution in [0.25, 0.3) is 0 Å². The molecule has 0 N–H and O–H groups in total. The minimum Gasteiger partial charge on any atom is -0.369 e. The van der Waals surface area contributed by atoms with Gasteiger partial charge in [-0.2, -0.15) is 0 Å². The van der Waals surface area contributed by atoms with E-state index in [0.717, 1.165) is 11.1 Å². The SMILES string of the molecule is O=C(COCc1ccccc1)Cc1ccc(F)cc1. The van der Waals surface area contributed by atoms with Crippen LogP contribution in [0, 0.1) is 5.82 Å². The Balaban J connectivity index is 1.74. The van der Waals surface area contributed by atoms with Crippen LogP contribution in [0.15, 0.2) is 54.6 Å². The molecule has 98 valence electrons. The first-order valence-electron chi connectivity index (χ1n) is 6.12. The van der Waals surface area contributed by atoms with Crippen LogP contribution in [0.2, 0.25) is 0 Å². The minimum atomic E-state index is -0.295. The average Bonchev–Trinajstić information content (AvgIpc) is 2.43. The zero-order chi connectivity index (χ0) is 13.5. The topological polar surface area (TPSA) is 26.3 Å². The molecule has 2 nitrogen and oxygen atoms in total. The van der Waals surface area contributed by atoms with E-state index in [-0.39, 0.29) is 24.6 Å². The summed E-state index contributed by atoms with van der Waals surface area (Å²) in [6.45, 7) is 0.502. The molecule has 0 radical (unpaired) electrons. The van der Waals surface area contributed by atoms with Crippen molar-refractivity contribution >= 4 is 5.78 Å². The summed E-state index contributed by atoms with van der Waals surface area (Å²) in [6.07, 6.45) is 0.273. The monoisotopic (exact) mass is 258 g/mol. The summed E-state index contributed by atoms with van der Waals surface area (Å²) in [5.74, 6) is -0.306. The highest BCUT2D eigenvalue weighted by Gasteiger charge is 2.04. The minimum absolute atomic E-state index is 0.0115. The van der Waals surface area contributed by atoms with E-state index in [2.05, 4.69) is 0 Å². The predicted molar refractivity (Wildman–Crippen MR) is 71.2 cm³/mol. The third-order valence-corrected chi connectivity index (χ3v) is 2.69. The first-order chi connectivity index (χ1) is 9.24. The third-order valence-electron chi connectivity index (χ3n) is 2.69. The molecule has 0 spiro atoms. The molecule has 2 aromatic rings. The maximum absolute atomic E-state index is 12.7. The van der Waals surface area contributed by atoms with Crippen molar-refractivity contribution < 1.29 is 13.9 Å². The van der Waals surface area contributed by atoms with Crippen LogP contribution in [-0.2, 0) is 22.6 Å². The lowest BCUT2D eigenvalue weighted by atomic mass is 10.1. The van der Waals surface area contributed by atoms with Gasteiger partial charge in [-0.05, 0) is 23.3 Å². The van der Waals surface area contributed by atoms with Crippen molar-refractivity contribution in [3.8, 4) is 0 Å². The molecule has 3 heteroatoms. The number of halogens is 1. The first-order valence-corrected chi connectivity index (χ1v) is 6.12. The van der Waals surface area contributed by atoms with E-state index in [1.54, 1.807) is 12.1 Å². The molecule has 0 heterocycles. The zero-order valence-corrected chi connectivity index (χ0v) is 10.5. The van der Waals surface area contributed by atoms with E-state index in [1.165, 1.54) is 12.1 Å². The fraction of sp³-hybridized carbons (Fsp3) is 0.188. The normalized spacial score (nSPS) is 10.4. The summed E-state index contributed by atoms with van der Waals surface area (Å²) >= 11 is 0. The molecule has 0 saturated heterocycles. The number of rotatable bonds is 6. The van der Waals surface area contributed by atoms with E-state index in [4.69, 9.17) is 4.74 Å². The van der Waals surface area contributed by atoms with Gasteiger partial charge in [-0.25, -0.2) is 4.39 Å². The summed E-state index contributed by atoms with van der Waals surface area (Å²) < 4.78 is 18.1. The molecule has 0 saturated carbocycles. The van der Waals surface area contributed by atoms with E-state index >= 15 is 0 Å². The second-order valence-electron chi connectivity index (χ2n) is 4.32. The Hall–Kier alpha value is -2.00. The quantitative estimate of drug-likeness (QED) is 0.795. The molecule has 0 unspecified atom stereocenters. The average molecular weight is 258 g/mol. The molecule has 19 heavy (non-hydrogen) atoms. The van der Waals surface area contributed by atoms with Gasteiger partial charge >= 0.3 is 0 Å². The van der Waals surface area contributed by atoms with Crippen molar-refractivity contribution in [2.24, 2.45) is 0 Å². The van der Waals surface area contributed by atoms with Gasteiger partial charge in [0.1, 0.15) is 12.4 Å². The smallest absolute Gasteiger partial charge is 0.162 e. The highest BCUT2D eigenvalue weighted by atomic mass is 19.1. The van der Waals surface area contributed by atoms with Gasteiger partial charge in [0.15, 0.2) is 5.78 Å². The van der Waals surface area contributed by atoms with Gasteiger partial charge in [-0.1, -0.05) is 42.5 Å². The zero-order valence-electron chi connectivity index (χ0n) is 10.5. The van der Waals surface area contributed by atoms with Crippen LogP contribution >= 0.6 is 0 Å². The van der Waals surface area contributed by atoms with Crippen LogP contribution in [0.1, 0.15) is 11.1 Å². The highest BCUT2D eigenvalue weighted by Crippen LogP contribution is 2.05. The van der Waals surface area contributed by atoms with Crippen molar-refractivity contribution in [1.82, 2.24) is 0 Å². The predicted octanol–water partition coefficient (Wildman–Crippen LogP) is 3.15. The maximum Gasteiger partial charge on any atom is 0.162 e. The summed E-state index contributed by atoms with van der Waals surface area (Å²) in [5.41, 5.74) is 1.84.